The molecular formula is C57H58F3N9O6S. The van der Waals surface area contributed by atoms with E-state index in [0.29, 0.717) is 67.0 Å². The van der Waals surface area contributed by atoms with Crippen LogP contribution < -0.4 is 25.2 Å². The zero-order valence-electron chi connectivity index (χ0n) is 42.2. The molecule has 3 fully saturated rings. The third-order valence-corrected chi connectivity index (χ3v) is 16.8. The van der Waals surface area contributed by atoms with Crippen molar-refractivity contribution in [3.63, 3.8) is 0 Å². The highest BCUT2D eigenvalue weighted by Crippen LogP contribution is 2.46. The Kier molecular flexibility index (Phi) is 14.0. The SMILES string of the molecule is C[C@H](CCC1CCC(Oc2cccc(-c3ccc(N4CCc5cccc(C(=O)Nc6nc7ccccc7s6)c5C4)nc3C(=O)O)c2C(F)(F)F)CC1)N1CCN(c2cccc3c(C4CCC(=O)NC4=O)nn(C)c23)CC1. The fourth-order valence-electron chi connectivity index (χ4n) is 11.8. The van der Waals surface area contributed by atoms with Crippen molar-refractivity contribution >= 4 is 72.8 Å². The van der Waals surface area contributed by atoms with Crippen LogP contribution in [-0.2, 0) is 35.8 Å². The van der Waals surface area contributed by atoms with Crippen molar-refractivity contribution in [3.8, 4) is 16.9 Å². The van der Waals surface area contributed by atoms with Crippen LogP contribution in [0.5, 0.6) is 5.75 Å². The molecule has 19 heteroatoms. The molecule has 7 aromatic rings. The van der Waals surface area contributed by atoms with Crippen molar-refractivity contribution in [1.82, 2.24) is 30.0 Å². The number of piperazine rings is 1. The molecule has 0 radical (unpaired) electrons. The fourth-order valence-corrected chi connectivity index (χ4v) is 12.7. The molecule has 6 heterocycles. The number of thiazole rings is 1. The van der Waals surface area contributed by atoms with Gasteiger partial charge in [0.15, 0.2) is 10.8 Å². The van der Waals surface area contributed by atoms with Crippen molar-refractivity contribution < 1.29 is 42.2 Å². The van der Waals surface area contributed by atoms with E-state index >= 15 is 13.2 Å². The second kappa shape index (κ2) is 21.0. The van der Waals surface area contributed by atoms with Gasteiger partial charge in [-0.25, -0.2) is 14.8 Å². The number of carbonyl (C=O) groups excluding carboxylic acids is 3. The number of carbonyl (C=O) groups is 4. The Morgan fingerprint density at radius 2 is 1.63 bits per heavy atom. The van der Waals surface area contributed by atoms with Crippen molar-refractivity contribution in [1.29, 1.82) is 0 Å². The number of aromatic carboxylic acids is 1. The number of fused-ring (bicyclic) bond motifs is 3. The second-order valence-electron chi connectivity index (χ2n) is 20.5. The normalized spacial score (nSPS) is 19.9. The Bertz CT molecular complexity index is 3350. The smallest absolute Gasteiger partial charge is 0.420 e. The van der Waals surface area contributed by atoms with Gasteiger partial charge in [-0.05, 0) is 118 Å². The summed E-state index contributed by atoms with van der Waals surface area (Å²) in [6.45, 7) is 6.36. The van der Waals surface area contributed by atoms with Gasteiger partial charge in [0.05, 0.1) is 39.1 Å². The molecular weight excluding hydrogens is 996 g/mol. The maximum absolute atomic E-state index is 15.2. The second-order valence-corrected chi connectivity index (χ2v) is 21.5. The number of carboxylic acid groups (broad SMARTS) is 1. The van der Waals surface area contributed by atoms with E-state index in [0.717, 1.165) is 89.8 Å². The average molecular weight is 1050 g/mol. The number of anilines is 3. The van der Waals surface area contributed by atoms with Crippen molar-refractivity contribution in [2.24, 2.45) is 13.0 Å². The Balaban J connectivity index is 0.710. The van der Waals surface area contributed by atoms with Crippen LogP contribution >= 0.6 is 11.3 Å². The lowest BCUT2D eigenvalue weighted by atomic mass is 9.83. The van der Waals surface area contributed by atoms with Crippen LogP contribution in [0.4, 0.5) is 29.8 Å². The summed E-state index contributed by atoms with van der Waals surface area (Å²) >= 11 is 1.37. The third-order valence-electron chi connectivity index (χ3n) is 15.8. The van der Waals surface area contributed by atoms with Gasteiger partial charge in [-0.2, -0.15) is 18.3 Å². The summed E-state index contributed by atoms with van der Waals surface area (Å²) < 4.78 is 54.7. The minimum Gasteiger partial charge on any atom is -0.490 e. The summed E-state index contributed by atoms with van der Waals surface area (Å²) in [6.07, 6.45) is 0.818. The zero-order chi connectivity index (χ0) is 52.8. The number of alkyl halides is 3. The lowest BCUT2D eigenvalue weighted by Crippen LogP contribution is -2.49. The van der Waals surface area contributed by atoms with E-state index in [2.05, 4.69) is 43.4 Å². The molecule has 3 aliphatic heterocycles. The van der Waals surface area contributed by atoms with Crippen LogP contribution in [-0.4, -0.2) is 98.3 Å². The summed E-state index contributed by atoms with van der Waals surface area (Å²) in [5.41, 5.74) is 3.62. The molecule has 15 nitrogen and oxygen atoms in total. The highest BCUT2D eigenvalue weighted by molar-refractivity contribution is 7.22. The van der Waals surface area contributed by atoms with Crippen LogP contribution in [0.1, 0.15) is 107 Å². The summed E-state index contributed by atoms with van der Waals surface area (Å²) in [5.74, 6) is -2.47. The third kappa shape index (κ3) is 10.2. The minimum atomic E-state index is -4.87. The first-order valence-corrected chi connectivity index (χ1v) is 26.9. The van der Waals surface area contributed by atoms with Gasteiger partial charge in [0.2, 0.25) is 11.8 Å². The molecule has 1 saturated carbocycles. The number of aryl methyl sites for hydroxylation is 1. The lowest BCUT2D eigenvalue weighted by molar-refractivity contribution is -0.139. The Morgan fingerprint density at radius 3 is 2.39 bits per heavy atom. The molecule has 1 aliphatic carbocycles. The van der Waals surface area contributed by atoms with Crippen LogP contribution in [0.3, 0.4) is 0 Å². The van der Waals surface area contributed by atoms with Gasteiger partial charge in [0.1, 0.15) is 17.1 Å². The maximum atomic E-state index is 15.2. The first-order chi connectivity index (χ1) is 36.7. The van der Waals surface area contributed by atoms with E-state index < -0.39 is 35.4 Å². The molecule has 76 heavy (non-hydrogen) atoms. The number of nitrogens with zero attached hydrogens (tertiary/aromatic N) is 7. The van der Waals surface area contributed by atoms with E-state index in [4.69, 9.17) is 9.84 Å². The topological polar surface area (TPSA) is 175 Å². The van der Waals surface area contributed by atoms with Crippen LogP contribution in [0, 0.1) is 5.92 Å². The molecule has 0 spiro atoms. The van der Waals surface area contributed by atoms with Gasteiger partial charge in [-0.1, -0.05) is 59.9 Å². The monoisotopic (exact) mass is 1050 g/mol. The number of nitrogens with one attached hydrogen (secondary N) is 2. The van der Waals surface area contributed by atoms with Crippen molar-refractivity contribution in [2.45, 2.75) is 95.5 Å². The number of hydrogen-bond donors (Lipinski definition) is 3. The fraction of sp³-hybridized carbons (Fsp3) is 0.386. The Hall–Kier alpha value is -7.38. The molecule has 3 aromatic heterocycles. The van der Waals surface area contributed by atoms with Crippen LogP contribution in [0.25, 0.3) is 32.2 Å². The van der Waals surface area contributed by atoms with Gasteiger partial charge in [0.25, 0.3) is 5.91 Å². The van der Waals surface area contributed by atoms with E-state index in [1.165, 1.54) is 35.6 Å². The number of aromatic nitrogens is 4. The molecule has 1 unspecified atom stereocenters. The number of pyridine rings is 1. The number of imide groups is 1. The molecule has 4 aliphatic rings. The maximum Gasteiger partial charge on any atom is 0.420 e. The van der Waals surface area contributed by atoms with E-state index in [1.54, 1.807) is 12.1 Å². The van der Waals surface area contributed by atoms with Gasteiger partial charge in [-0.3, -0.25) is 34.6 Å². The number of carboxylic acids is 1. The molecule has 2 saturated heterocycles. The first-order valence-electron chi connectivity index (χ1n) is 26.1. The largest absolute Gasteiger partial charge is 0.490 e. The number of benzene rings is 4. The molecule has 11 rings (SSSR count). The van der Waals surface area contributed by atoms with Crippen molar-refractivity contribution in [2.75, 3.05) is 47.8 Å². The van der Waals surface area contributed by atoms with Gasteiger partial charge < -0.3 is 19.6 Å². The highest BCUT2D eigenvalue weighted by atomic mass is 32.1. The number of ether oxygens (including phenoxy) is 1. The predicted octanol–water partition coefficient (Wildman–Crippen LogP) is 10.2. The van der Waals surface area contributed by atoms with Crippen molar-refractivity contribution in [3.05, 3.63) is 125 Å². The summed E-state index contributed by atoms with van der Waals surface area (Å²) in [6, 6.07) is 26.5. The Morgan fingerprint density at radius 1 is 0.855 bits per heavy atom. The number of piperidine rings is 1. The standard InChI is InChI=1S/C57H58F3N9O6S/c1-33(67-28-30-68(31-29-67)44-13-6-11-40-50(65-66(2)52(40)44)41-23-25-48(70)63-54(41)72)16-17-34-18-20-36(21-19-34)75-45-14-7-9-37(49(45)57(58,59)60)38-22-24-47(62-51(38)55(73)74)69-27-26-35-8-5-10-39(42(35)32-69)53(71)64-56-61-43-12-3-4-15-46(43)76-56/h3-15,22,24,33-34,36,41H,16-21,23,25-32H2,1-2H3,(H,73,74)(H,61,64,71)(H,63,70,72)/t33-,34?,36?,41?/m1/s1. The minimum absolute atomic E-state index is 0.173. The predicted molar refractivity (Wildman–Crippen MR) is 285 cm³/mol. The number of halogens is 3. The van der Waals surface area contributed by atoms with E-state index in [9.17, 15) is 24.3 Å². The molecule has 3 amide bonds. The summed E-state index contributed by atoms with van der Waals surface area (Å²) in [7, 11) is 1.90. The molecule has 0 bridgehead atoms. The number of hydrogen-bond acceptors (Lipinski definition) is 12. The van der Waals surface area contributed by atoms with Crippen LogP contribution in [0.15, 0.2) is 91.0 Å². The highest BCUT2D eigenvalue weighted by Gasteiger charge is 2.40. The lowest BCUT2D eigenvalue weighted by Gasteiger charge is -2.40. The summed E-state index contributed by atoms with van der Waals surface area (Å²) in [4.78, 5) is 66.9. The van der Waals surface area contributed by atoms with Crippen LogP contribution in [0.2, 0.25) is 0 Å². The van der Waals surface area contributed by atoms with E-state index in [1.807, 2.05) is 65.2 Å². The quantitative estimate of drug-likeness (QED) is 0.0934. The molecule has 2 atom stereocenters. The number of amides is 3. The van der Waals surface area contributed by atoms with E-state index in [-0.39, 0.29) is 47.0 Å². The first kappa shape index (κ1) is 50.8. The zero-order valence-corrected chi connectivity index (χ0v) is 43.1. The number of rotatable bonds is 13. The molecule has 3 N–H and O–H groups in total. The summed E-state index contributed by atoms with van der Waals surface area (Å²) in [5, 5.41) is 22.0. The average Bonchev–Trinajstić information content (AvgIpc) is 4.03. The van der Waals surface area contributed by atoms with Gasteiger partial charge in [0, 0.05) is 80.9 Å². The number of para-hydroxylation sites is 2. The van der Waals surface area contributed by atoms with Gasteiger partial charge in [-0.15, -0.1) is 0 Å². The molecule has 4 aromatic carbocycles. The van der Waals surface area contributed by atoms with Gasteiger partial charge >= 0.3 is 12.1 Å². The Labute approximate surface area is 441 Å². The molecule has 394 valence electrons.